The summed E-state index contributed by atoms with van der Waals surface area (Å²) in [4.78, 5) is 12.1. The van der Waals surface area contributed by atoms with E-state index in [1.54, 1.807) is 0 Å². The number of nitrogens with one attached hydrogen (secondary N) is 2. The summed E-state index contributed by atoms with van der Waals surface area (Å²) in [5.74, 6) is -0.290. The predicted molar refractivity (Wildman–Crippen MR) is 76.9 cm³/mol. The number of hydrogen-bond acceptors (Lipinski definition) is 4. The number of piperidine rings is 1. The Labute approximate surface area is 119 Å². The molecule has 1 aliphatic heterocycles. The molecule has 2 unspecified atom stereocenters. The van der Waals surface area contributed by atoms with E-state index in [2.05, 4.69) is 17.6 Å². The average molecular weight is 278 g/mol. The van der Waals surface area contributed by atoms with Crippen LogP contribution in [0.5, 0.6) is 11.5 Å². The Morgan fingerprint density at radius 2 is 2.10 bits per heavy atom. The highest BCUT2D eigenvalue weighted by atomic mass is 16.3. The number of amides is 1. The number of phenols is 2. The van der Waals surface area contributed by atoms with E-state index in [4.69, 9.17) is 0 Å². The van der Waals surface area contributed by atoms with Crippen LogP contribution in [0.4, 0.5) is 0 Å². The van der Waals surface area contributed by atoms with Gasteiger partial charge < -0.3 is 20.8 Å². The van der Waals surface area contributed by atoms with Crippen LogP contribution in [0, 0.1) is 5.92 Å². The van der Waals surface area contributed by atoms with E-state index < -0.39 is 5.91 Å². The fraction of sp³-hybridized carbons (Fsp3) is 0.533. The van der Waals surface area contributed by atoms with Gasteiger partial charge in [-0.2, -0.15) is 0 Å². The van der Waals surface area contributed by atoms with Gasteiger partial charge in [-0.15, -0.1) is 0 Å². The minimum Gasteiger partial charge on any atom is -0.507 e. The van der Waals surface area contributed by atoms with Crippen LogP contribution in [0.1, 0.15) is 36.5 Å². The van der Waals surface area contributed by atoms with Crippen molar-refractivity contribution in [2.75, 3.05) is 13.1 Å². The summed E-state index contributed by atoms with van der Waals surface area (Å²) in [6.07, 6.45) is 3.42. The molecule has 0 aromatic heterocycles. The van der Waals surface area contributed by atoms with Gasteiger partial charge in [0, 0.05) is 12.6 Å². The van der Waals surface area contributed by atoms with Crippen molar-refractivity contribution in [2.45, 2.75) is 32.2 Å². The minimum atomic E-state index is -0.442. The highest BCUT2D eigenvalue weighted by Gasteiger charge is 2.24. The van der Waals surface area contributed by atoms with Gasteiger partial charge in [-0.25, -0.2) is 0 Å². The quantitative estimate of drug-likeness (QED) is 0.674. The molecule has 2 rings (SSSR count). The van der Waals surface area contributed by atoms with Crippen molar-refractivity contribution in [1.82, 2.24) is 10.6 Å². The zero-order chi connectivity index (χ0) is 14.5. The molecule has 1 aliphatic rings. The molecule has 110 valence electrons. The second-order valence-electron chi connectivity index (χ2n) is 5.25. The van der Waals surface area contributed by atoms with Crippen LogP contribution >= 0.6 is 0 Å². The van der Waals surface area contributed by atoms with Gasteiger partial charge >= 0.3 is 0 Å². The third-order valence-corrected chi connectivity index (χ3v) is 3.98. The zero-order valence-corrected chi connectivity index (χ0v) is 11.7. The predicted octanol–water partition coefficient (Wildman–Crippen LogP) is 1.61. The van der Waals surface area contributed by atoms with Gasteiger partial charge in [0.1, 0.15) is 17.1 Å². The normalized spacial score (nSPS) is 22.4. The zero-order valence-electron chi connectivity index (χ0n) is 11.7. The third kappa shape index (κ3) is 3.22. The SMILES string of the molecule is CCC1CCCNC1CNC(=O)c1c(O)cccc1O. The number of benzene rings is 1. The summed E-state index contributed by atoms with van der Waals surface area (Å²) in [5, 5.41) is 25.5. The van der Waals surface area contributed by atoms with Gasteiger partial charge in [0.2, 0.25) is 0 Å². The van der Waals surface area contributed by atoms with Crippen LogP contribution in [0.25, 0.3) is 0 Å². The molecule has 0 spiro atoms. The molecule has 0 bridgehead atoms. The molecule has 4 N–H and O–H groups in total. The van der Waals surface area contributed by atoms with Crippen molar-refractivity contribution in [3.8, 4) is 11.5 Å². The molecule has 0 aliphatic carbocycles. The molecule has 5 nitrogen and oxygen atoms in total. The smallest absolute Gasteiger partial charge is 0.258 e. The molecular formula is C15H22N2O3. The summed E-state index contributed by atoms with van der Waals surface area (Å²) in [6, 6.07) is 4.53. The highest BCUT2D eigenvalue weighted by Crippen LogP contribution is 2.26. The van der Waals surface area contributed by atoms with E-state index in [1.165, 1.54) is 31.0 Å². The van der Waals surface area contributed by atoms with E-state index in [0.29, 0.717) is 12.5 Å². The molecule has 1 amide bonds. The Balaban J connectivity index is 1.98. The first-order valence-corrected chi connectivity index (χ1v) is 7.16. The van der Waals surface area contributed by atoms with E-state index in [9.17, 15) is 15.0 Å². The molecule has 20 heavy (non-hydrogen) atoms. The Kier molecular flexibility index (Phi) is 4.84. The van der Waals surface area contributed by atoms with Gasteiger partial charge in [0.25, 0.3) is 5.91 Å². The molecular weight excluding hydrogens is 256 g/mol. The summed E-state index contributed by atoms with van der Waals surface area (Å²) in [7, 11) is 0. The largest absolute Gasteiger partial charge is 0.507 e. The van der Waals surface area contributed by atoms with Crippen molar-refractivity contribution >= 4 is 5.91 Å². The number of carbonyl (C=O) groups excluding carboxylic acids is 1. The number of rotatable bonds is 4. The van der Waals surface area contributed by atoms with Gasteiger partial charge in [-0.1, -0.05) is 19.4 Å². The first-order valence-electron chi connectivity index (χ1n) is 7.16. The summed E-state index contributed by atoms with van der Waals surface area (Å²) in [5.41, 5.74) is -0.0589. The summed E-state index contributed by atoms with van der Waals surface area (Å²) in [6.45, 7) is 3.63. The van der Waals surface area contributed by atoms with Crippen molar-refractivity contribution < 1.29 is 15.0 Å². The second-order valence-corrected chi connectivity index (χ2v) is 5.25. The fourth-order valence-electron chi connectivity index (χ4n) is 2.80. The lowest BCUT2D eigenvalue weighted by molar-refractivity contribution is 0.0936. The Morgan fingerprint density at radius 3 is 2.75 bits per heavy atom. The second kappa shape index (κ2) is 6.61. The van der Waals surface area contributed by atoms with E-state index in [-0.39, 0.29) is 23.1 Å². The van der Waals surface area contributed by atoms with E-state index >= 15 is 0 Å². The van der Waals surface area contributed by atoms with Crippen LogP contribution in [0.3, 0.4) is 0 Å². The van der Waals surface area contributed by atoms with E-state index in [0.717, 1.165) is 13.0 Å². The standard InChI is InChI=1S/C15H22N2O3/c1-2-10-5-4-8-16-11(10)9-17-15(20)14-12(18)6-3-7-13(14)19/h3,6-7,10-11,16,18-19H,2,4-5,8-9H2,1H3,(H,17,20). The maximum atomic E-state index is 12.1. The van der Waals surface area contributed by atoms with Crippen LogP contribution in [-0.4, -0.2) is 35.3 Å². The number of aromatic hydroxyl groups is 2. The Bertz CT molecular complexity index is 456. The molecule has 0 radical (unpaired) electrons. The molecule has 0 saturated carbocycles. The lowest BCUT2D eigenvalue weighted by Gasteiger charge is -2.32. The van der Waals surface area contributed by atoms with Gasteiger partial charge in [-0.3, -0.25) is 4.79 Å². The Morgan fingerprint density at radius 1 is 1.40 bits per heavy atom. The lowest BCUT2D eigenvalue weighted by atomic mass is 9.88. The van der Waals surface area contributed by atoms with Crippen LogP contribution in [-0.2, 0) is 0 Å². The van der Waals surface area contributed by atoms with Crippen molar-refractivity contribution in [2.24, 2.45) is 5.92 Å². The summed E-state index contributed by atoms with van der Waals surface area (Å²) >= 11 is 0. The van der Waals surface area contributed by atoms with Gasteiger partial charge in [0.05, 0.1) is 0 Å². The van der Waals surface area contributed by atoms with Gasteiger partial charge in [-0.05, 0) is 37.4 Å². The first-order chi connectivity index (χ1) is 9.63. The maximum Gasteiger partial charge on any atom is 0.258 e. The van der Waals surface area contributed by atoms with Crippen LogP contribution < -0.4 is 10.6 Å². The first kappa shape index (κ1) is 14.7. The fourth-order valence-corrected chi connectivity index (χ4v) is 2.80. The van der Waals surface area contributed by atoms with Crippen molar-refractivity contribution in [3.05, 3.63) is 23.8 Å². The molecule has 1 heterocycles. The lowest BCUT2D eigenvalue weighted by Crippen LogP contribution is -2.48. The van der Waals surface area contributed by atoms with Crippen molar-refractivity contribution in [1.29, 1.82) is 0 Å². The van der Waals surface area contributed by atoms with Crippen molar-refractivity contribution in [3.63, 3.8) is 0 Å². The summed E-state index contributed by atoms with van der Waals surface area (Å²) < 4.78 is 0. The average Bonchev–Trinajstić information content (AvgIpc) is 2.45. The monoisotopic (exact) mass is 278 g/mol. The van der Waals surface area contributed by atoms with E-state index in [1.807, 2.05) is 0 Å². The molecule has 1 fully saturated rings. The maximum absolute atomic E-state index is 12.1. The molecule has 1 aromatic rings. The third-order valence-electron chi connectivity index (χ3n) is 3.98. The molecule has 1 saturated heterocycles. The Hall–Kier alpha value is -1.75. The number of phenolic OH excluding ortho intramolecular Hbond substituents is 2. The van der Waals surface area contributed by atoms with Crippen LogP contribution in [0.15, 0.2) is 18.2 Å². The number of carbonyl (C=O) groups is 1. The highest BCUT2D eigenvalue weighted by molar-refractivity contribution is 5.99. The van der Waals surface area contributed by atoms with Gasteiger partial charge in [0.15, 0.2) is 0 Å². The minimum absolute atomic E-state index is 0.0589. The molecule has 5 heteroatoms. The topological polar surface area (TPSA) is 81.6 Å². The molecule has 1 aromatic carbocycles. The number of hydrogen-bond donors (Lipinski definition) is 4. The molecule has 2 atom stereocenters. The van der Waals surface area contributed by atoms with Crippen LogP contribution in [0.2, 0.25) is 0 Å².